The fourth-order valence-corrected chi connectivity index (χ4v) is 3.03. The average molecular weight is 494 g/mol. The van der Waals surface area contributed by atoms with Gasteiger partial charge in [0.05, 0.1) is 12.6 Å². The first-order valence-corrected chi connectivity index (χ1v) is 11.2. The molecule has 8 N–H and O–H groups in total. The van der Waals surface area contributed by atoms with Crippen molar-refractivity contribution in [2.24, 2.45) is 11.7 Å². The molecule has 0 aliphatic heterocycles. The number of phenolic OH excluding ortho intramolecular Hbond substituents is 1. The molecular weight excluding hydrogens is 458 g/mol. The summed E-state index contributed by atoms with van der Waals surface area (Å²) >= 11 is 0. The van der Waals surface area contributed by atoms with E-state index >= 15 is 0 Å². The second-order valence-electron chi connectivity index (χ2n) is 8.76. The van der Waals surface area contributed by atoms with Crippen LogP contribution in [0, 0.1) is 5.92 Å². The predicted octanol–water partition coefficient (Wildman–Crippen LogP) is -0.997. The molecule has 1 rings (SSSR count). The summed E-state index contributed by atoms with van der Waals surface area (Å²) in [6.07, 6.45) is 0.206. The number of carboxylic acids is 1. The van der Waals surface area contributed by atoms with Gasteiger partial charge >= 0.3 is 5.97 Å². The van der Waals surface area contributed by atoms with E-state index < -0.39 is 53.8 Å². The van der Waals surface area contributed by atoms with E-state index in [0.29, 0.717) is 5.56 Å². The summed E-state index contributed by atoms with van der Waals surface area (Å²) in [5, 5.41) is 28.7. The maximum Gasteiger partial charge on any atom is 0.326 e. The first kappa shape index (κ1) is 29.4. The Balaban J connectivity index is 2.91. The highest BCUT2D eigenvalue weighted by Gasteiger charge is 2.29. The number of nitrogens with one attached hydrogen (secondary N) is 4. The Bertz CT molecular complexity index is 902. The number of benzene rings is 1. The van der Waals surface area contributed by atoms with Crippen LogP contribution in [0.5, 0.6) is 5.75 Å². The fourth-order valence-electron chi connectivity index (χ4n) is 3.03. The summed E-state index contributed by atoms with van der Waals surface area (Å²) in [6, 6.07) is 1.82. The van der Waals surface area contributed by atoms with Gasteiger partial charge in [-0.2, -0.15) is 0 Å². The van der Waals surface area contributed by atoms with Gasteiger partial charge < -0.3 is 37.2 Å². The van der Waals surface area contributed by atoms with E-state index in [1.54, 1.807) is 12.1 Å². The molecule has 0 heterocycles. The van der Waals surface area contributed by atoms with Crippen molar-refractivity contribution in [3.63, 3.8) is 0 Å². The van der Waals surface area contributed by atoms with Gasteiger partial charge in [-0.05, 0) is 43.9 Å². The lowest BCUT2D eigenvalue weighted by atomic mass is 10.0. The maximum atomic E-state index is 12.9. The van der Waals surface area contributed by atoms with E-state index in [9.17, 15) is 34.2 Å². The molecule has 0 saturated heterocycles. The fraction of sp³-hybridized carbons (Fsp3) is 0.522. The second-order valence-corrected chi connectivity index (χ2v) is 8.76. The Morgan fingerprint density at radius 3 is 1.94 bits per heavy atom. The molecule has 0 fully saturated rings. The summed E-state index contributed by atoms with van der Waals surface area (Å²) in [5.41, 5.74) is 6.02. The number of rotatable bonds is 13. The van der Waals surface area contributed by atoms with Crippen molar-refractivity contribution in [2.75, 3.05) is 6.54 Å². The van der Waals surface area contributed by atoms with Crippen LogP contribution in [0.3, 0.4) is 0 Å². The monoisotopic (exact) mass is 493 g/mol. The molecule has 0 aromatic heterocycles. The number of aliphatic carboxylic acids is 1. The van der Waals surface area contributed by atoms with Crippen molar-refractivity contribution in [3.05, 3.63) is 29.8 Å². The highest BCUT2D eigenvalue weighted by molar-refractivity contribution is 5.94. The maximum absolute atomic E-state index is 12.9. The van der Waals surface area contributed by atoms with Crippen LogP contribution in [-0.2, 0) is 30.4 Å². The van der Waals surface area contributed by atoms with E-state index in [1.165, 1.54) is 26.0 Å². The molecule has 0 bridgehead atoms. The van der Waals surface area contributed by atoms with Gasteiger partial charge in [0.1, 0.15) is 23.9 Å². The zero-order chi connectivity index (χ0) is 26.7. The Kier molecular flexibility index (Phi) is 11.7. The third-order valence-corrected chi connectivity index (χ3v) is 4.94. The summed E-state index contributed by atoms with van der Waals surface area (Å²) < 4.78 is 0. The number of carboxylic acid groups (broad SMARTS) is 1. The van der Waals surface area contributed by atoms with Gasteiger partial charge in [-0.15, -0.1) is 0 Å². The van der Waals surface area contributed by atoms with Gasteiger partial charge in [0.15, 0.2) is 0 Å². The van der Waals surface area contributed by atoms with Gasteiger partial charge in [0, 0.05) is 6.42 Å². The standard InChI is InChI=1S/C23H35N5O7/c1-12(2)9-18(23(34)35)28-22(33)17(10-15-5-7-16(29)8-6-15)27-21(32)14(4)26-19(30)11-25-20(31)13(3)24/h5-8,12-14,17-18,29H,9-11,24H2,1-4H3,(H,25,31)(H,26,30)(H,27,32)(H,28,33)(H,34,35)/t13-,14-,17-,18-/m0/s1. The van der Waals surface area contributed by atoms with E-state index in [4.69, 9.17) is 5.73 Å². The van der Waals surface area contributed by atoms with Crippen LogP contribution in [0.1, 0.15) is 39.7 Å². The average Bonchev–Trinajstić information content (AvgIpc) is 2.77. The topological polar surface area (TPSA) is 200 Å². The quantitative estimate of drug-likeness (QED) is 0.181. The highest BCUT2D eigenvalue weighted by Crippen LogP contribution is 2.12. The van der Waals surface area contributed by atoms with Gasteiger partial charge in [-0.1, -0.05) is 26.0 Å². The molecule has 12 nitrogen and oxygen atoms in total. The van der Waals surface area contributed by atoms with Crippen molar-refractivity contribution in [1.29, 1.82) is 0 Å². The number of phenols is 1. The molecule has 194 valence electrons. The van der Waals surface area contributed by atoms with E-state index in [0.717, 1.165) is 0 Å². The molecule has 1 aromatic carbocycles. The van der Waals surface area contributed by atoms with Crippen LogP contribution in [-0.4, -0.2) is 70.5 Å². The lowest BCUT2D eigenvalue weighted by Gasteiger charge is -2.24. The molecule has 1 aromatic rings. The minimum atomic E-state index is -1.20. The van der Waals surface area contributed by atoms with Gasteiger partial charge in [-0.25, -0.2) is 4.79 Å². The summed E-state index contributed by atoms with van der Waals surface area (Å²) in [5.74, 6) is -3.74. The molecule has 35 heavy (non-hydrogen) atoms. The third kappa shape index (κ3) is 10.9. The molecule has 4 amide bonds. The van der Waals surface area contributed by atoms with Crippen molar-refractivity contribution in [3.8, 4) is 5.75 Å². The van der Waals surface area contributed by atoms with Crippen LogP contribution in [0.4, 0.5) is 0 Å². The molecule has 4 atom stereocenters. The Labute approximate surface area is 204 Å². The summed E-state index contributed by atoms with van der Waals surface area (Å²) in [4.78, 5) is 60.8. The molecule has 0 spiro atoms. The first-order chi connectivity index (χ1) is 16.3. The number of nitrogens with two attached hydrogens (primary N) is 1. The van der Waals surface area contributed by atoms with Crippen molar-refractivity contribution < 1.29 is 34.2 Å². The smallest absolute Gasteiger partial charge is 0.326 e. The third-order valence-electron chi connectivity index (χ3n) is 4.94. The summed E-state index contributed by atoms with van der Waals surface area (Å²) in [6.45, 7) is 6.11. The number of hydrogen-bond acceptors (Lipinski definition) is 7. The second kappa shape index (κ2) is 13.9. The van der Waals surface area contributed by atoms with E-state index in [2.05, 4.69) is 21.3 Å². The van der Waals surface area contributed by atoms with Crippen molar-refractivity contribution in [2.45, 2.75) is 64.7 Å². The largest absolute Gasteiger partial charge is 0.508 e. The van der Waals surface area contributed by atoms with Crippen LogP contribution in [0.2, 0.25) is 0 Å². The minimum absolute atomic E-state index is 0.000441. The first-order valence-electron chi connectivity index (χ1n) is 11.2. The lowest BCUT2D eigenvalue weighted by molar-refractivity contribution is -0.142. The van der Waals surface area contributed by atoms with Crippen LogP contribution in [0.25, 0.3) is 0 Å². The van der Waals surface area contributed by atoms with Gasteiger partial charge in [-0.3, -0.25) is 19.2 Å². The van der Waals surface area contributed by atoms with Crippen LogP contribution in [0.15, 0.2) is 24.3 Å². The Morgan fingerprint density at radius 2 is 1.43 bits per heavy atom. The molecule has 0 unspecified atom stereocenters. The minimum Gasteiger partial charge on any atom is -0.508 e. The van der Waals surface area contributed by atoms with Crippen LogP contribution < -0.4 is 27.0 Å². The number of carbonyl (C=O) groups excluding carboxylic acids is 4. The van der Waals surface area contributed by atoms with E-state index in [1.807, 2.05) is 13.8 Å². The summed E-state index contributed by atoms with van der Waals surface area (Å²) in [7, 11) is 0. The highest BCUT2D eigenvalue weighted by atomic mass is 16.4. The predicted molar refractivity (Wildman–Crippen MR) is 127 cm³/mol. The number of hydrogen-bond donors (Lipinski definition) is 7. The van der Waals surface area contributed by atoms with Gasteiger partial charge in [0.25, 0.3) is 0 Å². The van der Waals surface area contributed by atoms with E-state index in [-0.39, 0.29) is 31.1 Å². The SMILES string of the molecule is CC(C)C[C@H](NC(=O)[C@H](Cc1ccc(O)cc1)NC(=O)[C@H](C)NC(=O)CNC(=O)[C@H](C)N)C(=O)O. The lowest BCUT2D eigenvalue weighted by Crippen LogP contribution is -2.56. The Hall–Kier alpha value is -3.67. The molecule has 0 saturated carbocycles. The van der Waals surface area contributed by atoms with Crippen molar-refractivity contribution in [1.82, 2.24) is 21.3 Å². The number of carbonyl (C=O) groups is 5. The van der Waals surface area contributed by atoms with Crippen LogP contribution >= 0.6 is 0 Å². The molecular formula is C23H35N5O7. The van der Waals surface area contributed by atoms with Crippen molar-refractivity contribution >= 4 is 29.6 Å². The molecule has 12 heteroatoms. The zero-order valence-electron chi connectivity index (χ0n) is 20.3. The molecule has 0 radical (unpaired) electrons. The molecule has 0 aliphatic carbocycles. The number of amides is 4. The van der Waals surface area contributed by atoms with Gasteiger partial charge in [0.2, 0.25) is 23.6 Å². The zero-order valence-corrected chi connectivity index (χ0v) is 20.3. The Morgan fingerprint density at radius 1 is 0.857 bits per heavy atom. The normalized spacial score (nSPS) is 14.2. The molecule has 0 aliphatic rings. The number of aromatic hydroxyl groups is 1.